The molecule has 0 amide bonds. The molecule has 1 unspecified atom stereocenters. The van der Waals surface area contributed by atoms with Crippen LogP contribution < -0.4 is 0 Å². The van der Waals surface area contributed by atoms with Gasteiger partial charge in [-0.05, 0) is 24.8 Å². The van der Waals surface area contributed by atoms with Gasteiger partial charge in [0.05, 0.1) is 18.1 Å². The molecule has 0 aliphatic carbocycles. The van der Waals surface area contributed by atoms with Crippen LogP contribution >= 0.6 is 0 Å². The van der Waals surface area contributed by atoms with Crippen LogP contribution in [0.25, 0.3) is 0 Å². The molecule has 0 spiro atoms. The zero-order valence-corrected chi connectivity index (χ0v) is 9.84. The molecule has 1 atom stereocenters. The van der Waals surface area contributed by atoms with Crippen LogP contribution in [0.15, 0.2) is 42.9 Å². The summed E-state index contributed by atoms with van der Waals surface area (Å²) in [6, 6.07) is 10.4. The molecule has 0 aliphatic heterocycles. The van der Waals surface area contributed by atoms with Crippen molar-refractivity contribution in [3.8, 4) is 0 Å². The number of hydrogen-bond acceptors (Lipinski definition) is 2. The summed E-state index contributed by atoms with van der Waals surface area (Å²) >= 11 is 0. The van der Waals surface area contributed by atoms with Crippen molar-refractivity contribution in [1.29, 1.82) is 0 Å². The van der Waals surface area contributed by atoms with Crippen LogP contribution in [0.3, 0.4) is 0 Å². The zero-order chi connectivity index (χ0) is 11.9. The van der Waals surface area contributed by atoms with Crippen molar-refractivity contribution >= 4 is 0 Å². The third kappa shape index (κ3) is 3.71. The molecule has 1 aromatic heterocycles. The van der Waals surface area contributed by atoms with Gasteiger partial charge < -0.3 is 10.1 Å². The van der Waals surface area contributed by atoms with Crippen LogP contribution in [0.5, 0.6) is 0 Å². The second-order valence-electron chi connectivity index (χ2n) is 4.24. The maximum absolute atomic E-state index is 9.82. The van der Waals surface area contributed by atoms with Crippen molar-refractivity contribution in [1.82, 2.24) is 9.97 Å². The minimum atomic E-state index is -0.433. The Balaban J connectivity index is 1.67. The number of nitrogens with one attached hydrogen (secondary N) is 1. The Hall–Kier alpha value is -1.61. The third-order valence-electron chi connectivity index (χ3n) is 2.90. The lowest BCUT2D eigenvalue weighted by Crippen LogP contribution is -1.98. The molecule has 0 bridgehead atoms. The topological polar surface area (TPSA) is 48.9 Å². The van der Waals surface area contributed by atoms with Gasteiger partial charge in [0, 0.05) is 6.20 Å². The van der Waals surface area contributed by atoms with Crippen molar-refractivity contribution in [3.05, 3.63) is 54.1 Å². The van der Waals surface area contributed by atoms with Crippen LogP contribution in [0.2, 0.25) is 0 Å². The summed E-state index contributed by atoms with van der Waals surface area (Å²) in [4.78, 5) is 6.90. The first kappa shape index (κ1) is 11.9. The van der Waals surface area contributed by atoms with Crippen molar-refractivity contribution in [2.24, 2.45) is 0 Å². The summed E-state index contributed by atoms with van der Waals surface area (Å²) in [5, 5.41) is 9.82. The van der Waals surface area contributed by atoms with E-state index in [2.05, 4.69) is 34.2 Å². The van der Waals surface area contributed by atoms with Gasteiger partial charge in [-0.3, -0.25) is 0 Å². The van der Waals surface area contributed by atoms with Gasteiger partial charge in [0.25, 0.3) is 0 Å². The lowest BCUT2D eigenvalue weighted by Gasteiger charge is -2.07. The van der Waals surface area contributed by atoms with E-state index >= 15 is 0 Å². The van der Waals surface area contributed by atoms with Crippen LogP contribution in [-0.2, 0) is 6.42 Å². The van der Waals surface area contributed by atoms with E-state index in [1.54, 1.807) is 12.5 Å². The molecular formula is C14H18N2O. The van der Waals surface area contributed by atoms with E-state index in [0.29, 0.717) is 0 Å². The molecule has 0 aliphatic rings. The number of benzene rings is 1. The molecule has 1 aromatic carbocycles. The smallest absolute Gasteiger partial charge is 0.0975 e. The number of unbranched alkanes of at least 4 members (excludes halogenated alkanes) is 1. The van der Waals surface area contributed by atoms with Gasteiger partial charge >= 0.3 is 0 Å². The SMILES string of the molecule is OC(CCCCc1ccccc1)c1c[nH]cn1. The molecule has 90 valence electrons. The summed E-state index contributed by atoms with van der Waals surface area (Å²) in [6.45, 7) is 0. The average Bonchev–Trinajstić information content (AvgIpc) is 2.89. The van der Waals surface area contributed by atoms with Gasteiger partial charge in [-0.2, -0.15) is 0 Å². The van der Waals surface area contributed by atoms with Crippen LogP contribution in [0.4, 0.5) is 0 Å². The lowest BCUT2D eigenvalue weighted by atomic mass is 10.0. The number of H-pyrrole nitrogens is 1. The number of aromatic nitrogens is 2. The molecule has 3 nitrogen and oxygen atoms in total. The van der Waals surface area contributed by atoms with Crippen LogP contribution in [-0.4, -0.2) is 15.1 Å². The summed E-state index contributed by atoms with van der Waals surface area (Å²) in [5.74, 6) is 0. The molecular weight excluding hydrogens is 212 g/mol. The van der Waals surface area contributed by atoms with E-state index < -0.39 is 6.10 Å². The second-order valence-corrected chi connectivity index (χ2v) is 4.24. The number of imidazole rings is 1. The first-order valence-electron chi connectivity index (χ1n) is 6.07. The minimum Gasteiger partial charge on any atom is -0.387 e. The number of aliphatic hydroxyl groups is 1. The van der Waals surface area contributed by atoms with Gasteiger partial charge in [-0.1, -0.05) is 36.8 Å². The monoisotopic (exact) mass is 230 g/mol. The minimum absolute atomic E-state index is 0.433. The number of nitrogens with zero attached hydrogens (tertiary/aromatic N) is 1. The first-order chi connectivity index (χ1) is 8.36. The standard InChI is InChI=1S/C14H18N2O/c17-14(13-10-15-11-16-13)9-5-4-8-12-6-2-1-3-7-12/h1-3,6-7,10-11,14,17H,4-5,8-9H2,(H,15,16). The number of rotatable bonds is 6. The summed E-state index contributed by atoms with van der Waals surface area (Å²) in [6.07, 6.45) is 6.89. The second kappa shape index (κ2) is 6.21. The fourth-order valence-corrected chi connectivity index (χ4v) is 1.91. The molecule has 0 fully saturated rings. The summed E-state index contributed by atoms with van der Waals surface area (Å²) in [7, 11) is 0. The highest BCUT2D eigenvalue weighted by atomic mass is 16.3. The van der Waals surface area contributed by atoms with E-state index in [1.807, 2.05) is 6.07 Å². The molecule has 2 N–H and O–H groups in total. The van der Waals surface area contributed by atoms with E-state index in [4.69, 9.17) is 0 Å². The Morgan fingerprint density at radius 1 is 1.18 bits per heavy atom. The molecule has 0 saturated carbocycles. The Kier molecular flexibility index (Phi) is 4.33. The zero-order valence-electron chi connectivity index (χ0n) is 9.84. The Labute approximate surface area is 102 Å². The average molecular weight is 230 g/mol. The van der Waals surface area contributed by atoms with Crippen molar-refractivity contribution in [3.63, 3.8) is 0 Å². The number of hydrogen-bond donors (Lipinski definition) is 2. The maximum atomic E-state index is 9.82. The van der Waals surface area contributed by atoms with Gasteiger partial charge in [0.2, 0.25) is 0 Å². The first-order valence-corrected chi connectivity index (χ1v) is 6.07. The van der Waals surface area contributed by atoms with Gasteiger partial charge in [0.15, 0.2) is 0 Å². The molecule has 2 rings (SSSR count). The van der Waals surface area contributed by atoms with Gasteiger partial charge in [-0.25, -0.2) is 4.98 Å². The number of aliphatic hydroxyl groups excluding tert-OH is 1. The van der Waals surface area contributed by atoms with E-state index in [1.165, 1.54) is 5.56 Å². The molecule has 1 heterocycles. The molecule has 17 heavy (non-hydrogen) atoms. The molecule has 0 radical (unpaired) electrons. The van der Waals surface area contributed by atoms with Crippen LogP contribution in [0.1, 0.15) is 36.6 Å². The fourth-order valence-electron chi connectivity index (χ4n) is 1.91. The Morgan fingerprint density at radius 2 is 2.00 bits per heavy atom. The highest BCUT2D eigenvalue weighted by Crippen LogP contribution is 2.17. The van der Waals surface area contributed by atoms with Crippen molar-refractivity contribution in [2.45, 2.75) is 31.8 Å². The largest absolute Gasteiger partial charge is 0.387 e. The quantitative estimate of drug-likeness (QED) is 0.750. The predicted octanol–water partition coefficient (Wildman–Crippen LogP) is 2.86. The Morgan fingerprint density at radius 3 is 2.71 bits per heavy atom. The van der Waals surface area contributed by atoms with Crippen molar-refractivity contribution < 1.29 is 5.11 Å². The third-order valence-corrected chi connectivity index (χ3v) is 2.90. The maximum Gasteiger partial charge on any atom is 0.0975 e. The fraction of sp³-hybridized carbons (Fsp3) is 0.357. The molecule has 3 heteroatoms. The number of aromatic amines is 1. The predicted molar refractivity (Wildman–Crippen MR) is 67.5 cm³/mol. The van der Waals surface area contributed by atoms with Gasteiger partial charge in [0.1, 0.15) is 0 Å². The van der Waals surface area contributed by atoms with Gasteiger partial charge in [-0.15, -0.1) is 0 Å². The van der Waals surface area contributed by atoms with E-state index in [0.717, 1.165) is 31.4 Å². The highest BCUT2D eigenvalue weighted by molar-refractivity contribution is 5.14. The molecule has 0 saturated heterocycles. The van der Waals surface area contributed by atoms with Crippen molar-refractivity contribution in [2.75, 3.05) is 0 Å². The number of aryl methyl sites for hydroxylation is 1. The lowest BCUT2D eigenvalue weighted by molar-refractivity contribution is 0.159. The summed E-state index contributed by atoms with van der Waals surface area (Å²) < 4.78 is 0. The van der Waals surface area contributed by atoms with E-state index in [-0.39, 0.29) is 0 Å². The van der Waals surface area contributed by atoms with Crippen LogP contribution in [0, 0.1) is 0 Å². The summed E-state index contributed by atoms with van der Waals surface area (Å²) in [5.41, 5.74) is 2.10. The Bertz CT molecular complexity index is 411. The van der Waals surface area contributed by atoms with E-state index in [9.17, 15) is 5.11 Å². The highest BCUT2D eigenvalue weighted by Gasteiger charge is 2.08. The normalized spacial score (nSPS) is 12.5. The molecule has 2 aromatic rings.